The first-order chi connectivity index (χ1) is 8.65. The van der Waals surface area contributed by atoms with Gasteiger partial charge in [-0.3, -0.25) is 0 Å². The monoisotopic (exact) mass is 331 g/mol. The van der Waals surface area contributed by atoms with Crippen molar-refractivity contribution in [2.75, 3.05) is 11.9 Å². The number of aromatic nitrogens is 1. The van der Waals surface area contributed by atoms with Crippen LogP contribution < -0.4 is 10.6 Å². The van der Waals surface area contributed by atoms with Crippen molar-refractivity contribution in [2.45, 2.75) is 44.7 Å². The van der Waals surface area contributed by atoms with E-state index in [1.165, 1.54) is 19.3 Å². The lowest BCUT2D eigenvalue weighted by Gasteiger charge is -2.27. The smallest absolute Gasteiger partial charge is 0.152 e. The molecule has 18 heavy (non-hydrogen) atoms. The van der Waals surface area contributed by atoms with Gasteiger partial charge in [-0.25, -0.2) is 4.98 Å². The molecule has 2 heterocycles. The molecule has 0 saturated carbocycles. The summed E-state index contributed by atoms with van der Waals surface area (Å²) in [6.07, 6.45) is 6.74. The van der Waals surface area contributed by atoms with Gasteiger partial charge in [0, 0.05) is 22.8 Å². The molecule has 0 aromatic carbocycles. The van der Waals surface area contributed by atoms with Crippen molar-refractivity contribution in [2.24, 2.45) is 0 Å². The number of nitrogens with zero attached hydrogens (tertiary/aromatic N) is 1. The van der Waals surface area contributed by atoms with Crippen LogP contribution in [-0.4, -0.2) is 23.6 Å². The highest BCUT2D eigenvalue weighted by atomic mass is 79.9. The Morgan fingerprint density at radius 2 is 2.44 bits per heavy atom. The van der Waals surface area contributed by atoms with Gasteiger partial charge >= 0.3 is 0 Å². The second-order valence-corrected chi connectivity index (χ2v) is 6.19. The third-order valence-corrected chi connectivity index (χ3v) is 3.99. The molecule has 100 valence electrons. The van der Waals surface area contributed by atoms with Crippen LogP contribution in [0, 0.1) is 0 Å². The fraction of sp³-hybridized carbons (Fsp3) is 0.615. The van der Waals surface area contributed by atoms with Crippen molar-refractivity contribution in [3.63, 3.8) is 0 Å². The van der Waals surface area contributed by atoms with E-state index >= 15 is 0 Å². The summed E-state index contributed by atoms with van der Waals surface area (Å²) in [7, 11) is 0. The molecule has 1 aromatic heterocycles. The van der Waals surface area contributed by atoms with E-state index < -0.39 is 0 Å². The molecule has 0 amide bonds. The minimum atomic E-state index is 0.384. The minimum Gasteiger partial charge on any atom is -0.380 e. The lowest BCUT2D eigenvalue weighted by atomic mass is 9.99. The van der Waals surface area contributed by atoms with Crippen LogP contribution in [0.3, 0.4) is 0 Å². The first-order valence-electron chi connectivity index (χ1n) is 6.46. The Bertz CT molecular complexity index is 394. The van der Waals surface area contributed by atoms with Crippen molar-refractivity contribution >= 4 is 33.2 Å². The standard InChI is InChI=1S/C13H19BrClN3/c1-9(6-11-4-2-3-5-16-11)18-12-7-10(14)8-17-13(12)15/h7-9,11,16,18H,2-6H2,1H3. The van der Waals surface area contributed by atoms with Crippen LogP contribution >= 0.6 is 27.5 Å². The van der Waals surface area contributed by atoms with Crippen LogP contribution in [0.5, 0.6) is 0 Å². The quantitative estimate of drug-likeness (QED) is 0.823. The Balaban J connectivity index is 1.89. The molecule has 3 nitrogen and oxygen atoms in total. The average Bonchev–Trinajstić information content (AvgIpc) is 2.35. The van der Waals surface area contributed by atoms with E-state index in [0.717, 1.165) is 23.1 Å². The second-order valence-electron chi connectivity index (χ2n) is 4.92. The zero-order valence-electron chi connectivity index (χ0n) is 10.5. The molecule has 0 radical (unpaired) electrons. The van der Waals surface area contributed by atoms with Gasteiger partial charge in [0.15, 0.2) is 5.15 Å². The zero-order valence-corrected chi connectivity index (χ0v) is 12.9. The summed E-state index contributed by atoms with van der Waals surface area (Å²) in [5.74, 6) is 0. The maximum absolute atomic E-state index is 6.07. The molecule has 1 saturated heterocycles. The third kappa shape index (κ3) is 4.11. The molecular weight excluding hydrogens is 314 g/mol. The second kappa shape index (κ2) is 6.73. The lowest BCUT2D eigenvalue weighted by molar-refractivity contribution is 0.371. The summed E-state index contributed by atoms with van der Waals surface area (Å²) in [6, 6.07) is 2.98. The summed E-state index contributed by atoms with van der Waals surface area (Å²) in [5, 5.41) is 7.53. The number of hydrogen-bond acceptors (Lipinski definition) is 3. The van der Waals surface area contributed by atoms with Gasteiger partial charge < -0.3 is 10.6 Å². The van der Waals surface area contributed by atoms with Crippen molar-refractivity contribution in [3.8, 4) is 0 Å². The van der Waals surface area contributed by atoms with Crippen LogP contribution in [0.1, 0.15) is 32.6 Å². The van der Waals surface area contributed by atoms with E-state index in [4.69, 9.17) is 11.6 Å². The van der Waals surface area contributed by atoms with Crippen LogP contribution in [0.25, 0.3) is 0 Å². The molecule has 2 unspecified atom stereocenters. The molecule has 1 aliphatic rings. The summed E-state index contributed by atoms with van der Waals surface area (Å²) >= 11 is 9.48. The molecule has 2 atom stereocenters. The van der Waals surface area contributed by atoms with E-state index in [9.17, 15) is 0 Å². The number of hydrogen-bond donors (Lipinski definition) is 2. The number of halogens is 2. The van der Waals surface area contributed by atoms with Crippen molar-refractivity contribution in [1.29, 1.82) is 0 Å². The highest BCUT2D eigenvalue weighted by Gasteiger charge is 2.16. The normalized spacial score (nSPS) is 21.6. The molecule has 1 fully saturated rings. The molecule has 1 aromatic rings. The topological polar surface area (TPSA) is 37.0 Å². The fourth-order valence-electron chi connectivity index (χ4n) is 2.40. The van der Waals surface area contributed by atoms with Gasteiger partial charge in [-0.05, 0) is 54.7 Å². The van der Waals surface area contributed by atoms with Gasteiger partial charge in [-0.1, -0.05) is 18.0 Å². The van der Waals surface area contributed by atoms with Gasteiger partial charge in [0.25, 0.3) is 0 Å². The van der Waals surface area contributed by atoms with Gasteiger partial charge in [-0.15, -0.1) is 0 Å². The van der Waals surface area contributed by atoms with E-state index in [0.29, 0.717) is 17.2 Å². The summed E-state index contributed by atoms with van der Waals surface area (Å²) in [6.45, 7) is 3.34. The maximum Gasteiger partial charge on any atom is 0.152 e. The zero-order chi connectivity index (χ0) is 13.0. The molecule has 0 spiro atoms. The third-order valence-electron chi connectivity index (χ3n) is 3.26. The molecule has 0 bridgehead atoms. The van der Waals surface area contributed by atoms with Gasteiger partial charge in [0.1, 0.15) is 0 Å². The van der Waals surface area contributed by atoms with Gasteiger partial charge in [-0.2, -0.15) is 0 Å². The van der Waals surface area contributed by atoms with Crippen LogP contribution in [0.15, 0.2) is 16.7 Å². The van der Waals surface area contributed by atoms with E-state index in [-0.39, 0.29) is 0 Å². The minimum absolute atomic E-state index is 0.384. The van der Waals surface area contributed by atoms with Gasteiger partial charge in [0.05, 0.1) is 5.69 Å². The Hall–Kier alpha value is -0.320. The number of rotatable bonds is 4. The molecule has 2 N–H and O–H groups in total. The van der Waals surface area contributed by atoms with Crippen molar-refractivity contribution in [1.82, 2.24) is 10.3 Å². The fourth-order valence-corrected chi connectivity index (χ4v) is 2.89. The predicted molar refractivity (Wildman–Crippen MR) is 80.3 cm³/mol. The molecular formula is C13H19BrClN3. The molecule has 2 rings (SSSR count). The number of anilines is 1. The van der Waals surface area contributed by atoms with Crippen LogP contribution in [0.2, 0.25) is 5.15 Å². The average molecular weight is 333 g/mol. The summed E-state index contributed by atoms with van der Waals surface area (Å²) in [5.41, 5.74) is 0.898. The number of pyridine rings is 1. The van der Waals surface area contributed by atoms with Gasteiger partial charge in [0.2, 0.25) is 0 Å². The first-order valence-corrected chi connectivity index (χ1v) is 7.63. The SMILES string of the molecule is CC(CC1CCCCN1)Nc1cc(Br)cnc1Cl. The van der Waals surface area contributed by atoms with Crippen molar-refractivity contribution in [3.05, 3.63) is 21.9 Å². The van der Waals surface area contributed by atoms with Crippen LogP contribution in [-0.2, 0) is 0 Å². The Kier molecular flexibility index (Phi) is 5.27. The molecule has 5 heteroatoms. The highest BCUT2D eigenvalue weighted by molar-refractivity contribution is 9.10. The number of nitrogens with one attached hydrogen (secondary N) is 2. The first kappa shape index (κ1) is 14.1. The van der Waals surface area contributed by atoms with Crippen LogP contribution in [0.4, 0.5) is 5.69 Å². The Labute approximate surface area is 122 Å². The summed E-state index contributed by atoms with van der Waals surface area (Å²) in [4.78, 5) is 4.12. The van der Waals surface area contributed by atoms with E-state index in [2.05, 4.69) is 38.5 Å². The molecule has 1 aliphatic heterocycles. The number of piperidine rings is 1. The maximum atomic E-state index is 6.07. The largest absolute Gasteiger partial charge is 0.380 e. The Morgan fingerprint density at radius 3 is 3.17 bits per heavy atom. The summed E-state index contributed by atoms with van der Waals surface area (Å²) < 4.78 is 0.942. The highest BCUT2D eigenvalue weighted by Crippen LogP contribution is 2.24. The van der Waals surface area contributed by atoms with Crippen molar-refractivity contribution < 1.29 is 0 Å². The molecule has 0 aliphatic carbocycles. The van der Waals surface area contributed by atoms with E-state index in [1.54, 1.807) is 6.20 Å². The predicted octanol–water partition coefficient (Wildman–Crippen LogP) is 3.83. The van der Waals surface area contributed by atoms with E-state index in [1.807, 2.05) is 6.07 Å². The Morgan fingerprint density at radius 1 is 1.61 bits per heavy atom. The lowest BCUT2D eigenvalue weighted by Crippen LogP contribution is -2.37.